The van der Waals surface area contributed by atoms with Crippen LogP contribution in [0, 0.1) is 5.82 Å². The van der Waals surface area contributed by atoms with Crippen LogP contribution in [0.2, 0.25) is 0 Å². The van der Waals surface area contributed by atoms with Crippen molar-refractivity contribution in [3.8, 4) is 34.0 Å². The van der Waals surface area contributed by atoms with E-state index >= 15 is 0 Å². The van der Waals surface area contributed by atoms with Gasteiger partial charge in [-0.1, -0.05) is 23.4 Å². The van der Waals surface area contributed by atoms with E-state index in [1.807, 2.05) is 24.4 Å². The second-order valence-electron chi connectivity index (χ2n) is 8.08. The van der Waals surface area contributed by atoms with Gasteiger partial charge < -0.3 is 10.1 Å². The summed E-state index contributed by atoms with van der Waals surface area (Å²) >= 11 is 0. The van der Waals surface area contributed by atoms with E-state index in [4.69, 9.17) is 4.74 Å². The highest BCUT2D eigenvalue weighted by Gasteiger charge is 2.17. The number of hydrogen-bond acceptors (Lipinski definition) is 5. The lowest BCUT2D eigenvalue weighted by Crippen LogP contribution is -2.23. The van der Waals surface area contributed by atoms with Gasteiger partial charge in [0.1, 0.15) is 23.0 Å². The van der Waals surface area contributed by atoms with Crippen molar-refractivity contribution in [2.45, 2.75) is 13.0 Å². The van der Waals surface area contributed by atoms with Crippen LogP contribution < -0.4 is 10.1 Å². The SMILES string of the molecule is COc1cccc(F)c1-c1ccc2[nH]nc(-c3cn(-c4ccc5c(c4)CNCC5)nn3)c2c1. The van der Waals surface area contributed by atoms with E-state index < -0.39 is 0 Å². The first-order chi connectivity index (χ1) is 16.2. The second kappa shape index (κ2) is 7.83. The predicted octanol–water partition coefficient (Wildman–Crippen LogP) is 4.27. The predicted molar refractivity (Wildman–Crippen MR) is 124 cm³/mol. The number of aromatic nitrogens is 5. The molecule has 6 rings (SSSR count). The van der Waals surface area contributed by atoms with Crippen LogP contribution in [0.5, 0.6) is 5.75 Å². The van der Waals surface area contributed by atoms with E-state index in [2.05, 4.69) is 44.0 Å². The maximum absolute atomic E-state index is 14.6. The highest BCUT2D eigenvalue weighted by atomic mass is 19.1. The summed E-state index contributed by atoms with van der Waals surface area (Å²) in [5.74, 6) is 0.138. The van der Waals surface area contributed by atoms with Gasteiger partial charge in [0.15, 0.2) is 0 Å². The molecule has 5 aromatic rings. The first-order valence-corrected chi connectivity index (χ1v) is 10.8. The largest absolute Gasteiger partial charge is 0.496 e. The molecule has 2 N–H and O–H groups in total. The number of aromatic amines is 1. The fourth-order valence-electron chi connectivity index (χ4n) is 4.43. The number of rotatable bonds is 4. The normalized spacial score (nSPS) is 13.3. The van der Waals surface area contributed by atoms with E-state index in [0.29, 0.717) is 28.3 Å². The monoisotopic (exact) mass is 440 g/mol. The molecule has 0 saturated carbocycles. The Labute approximate surface area is 189 Å². The average Bonchev–Trinajstić information content (AvgIpc) is 3.50. The molecule has 3 aromatic carbocycles. The van der Waals surface area contributed by atoms with Crippen molar-refractivity contribution in [1.29, 1.82) is 0 Å². The summed E-state index contributed by atoms with van der Waals surface area (Å²) in [6.07, 6.45) is 2.90. The quantitative estimate of drug-likeness (QED) is 0.436. The Morgan fingerprint density at radius 3 is 2.91 bits per heavy atom. The van der Waals surface area contributed by atoms with Crippen LogP contribution in [-0.2, 0) is 13.0 Å². The first kappa shape index (κ1) is 19.6. The summed E-state index contributed by atoms with van der Waals surface area (Å²) in [6, 6.07) is 16.8. The van der Waals surface area contributed by atoms with E-state index in [0.717, 1.165) is 36.1 Å². The van der Waals surface area contributed by atoms with Crippen molar-refractivity contribution in [1.82, 2.24) is 30.5 Å². The standard InChI is InChI=1S/C25H21FN6O/c1-33-23-4-2-3-20(26)24(23)16-6-8-21-19(12-16)25(30-28-21)22-14-32(31-29-22)18-7-5-15-9-10-27-13-17(15)11-18/h2-8,11-12,14,27H,9-10,13H2,1H3,(H,28,30). The van der Waals surface area contributed by atoms with E-state index in [-0.39, 0.29) is 5.82 Å². The van der Waals surface area contributed by atoms with Crippen LogP contribution in [0.4, 0.5) is 4.39 Å². The molecule has 2 aromatic heterocycles. The topological polar surface area (TPSA) is 80.6 Å². The van der Waals surface area contributed by atoms with E-state index in [1.54, 1.807) is 16.8 Å². The van der Waals surface area contributed by atoms with Gasteiger partial charge in [0.05, 0.1) is 30.1 Å². The molecular formula is C25H21FN6O. The number of hydrogen-bond donors (Lipinski definition) is 2. The minimum atomic E-state index is -0.341. The van der Waals surface area contributed by atoms with E-state index in [1.165, 1.54) is 24.3 Å². The van der Waals surface area contributed by atoms with Gasteiger partial charge in [0.2, 0.25) is 0 Å². The molecule has 1 aliphatic rings. The van der Waals surface area contributed by atoms with Gasteiger partial charge in [0, 0.05) is 11.9 Å². The number of ether oxygens (including phenoxy) is 1. The zero-order valence-corrected chi connectivity index (χ0v) is 18.0. The lowest BCUT2D eigenvalue weighted by molar-refractivity contribution is 0.413. The number of fused-ring (bicyclic) bond motifs is 2. The molecule has 7 nitrogen and oxygen atoms in total. The van der Waals surface area contributed by atoms with Gasteiger partial charge in [0.25, 0.3) is 0 Å². The Morgan fingerprint density at radius 2 is 2.00 bits per heavy atom. The average molecular weight is 440 g/mol. The highest BCUT2D eigenvalue weighted by Crippen LogP contribution is 2.36. The maximum Gasteiger partial charge on any atom is 0.134 e. The smallest absolute Gasteiger partial charge is 0.134 e. The van der Waals surface area contributed by atoms with Gasteiger partial charge in [-0.05, 0) is 66.1 Å². The van der Waals surface area contributed by atoms with Crippen molar-refractivity contribution in [2.75, 3.05) is 13.7 Å². The van der Waals surface area contributed by atoms with Crippen molar-refractivity contribution in [3.05, 3.63) is 77.7 Å². The molecule has 0 atom stereocenters. The first-order valence-electron chi connectivity index (χ1n) is 10.8. The van der Waals surface area contributed by atoms with Crippen LogP contribution >= 0.6 is 0 Å². The number of benzene rings is 3. The summed E-state index contributed by atoms with van der Waals surface area (Å²) < 4.78 is 21.8. The Kier molecular flexibility index (Phi) is 4.66. The minimum absolute atomic E-state index is 0.341. The van der Waals surface area contributed by atoms with Crippen molar-refractivity contribution < 1.29 is 9.13 Å². The molecule has 0 spiro atoms. The van der Waals surface area contributed by atoms with Crippen molar-refractivity contribution in [3.63, 3.8) is 0 Å². The van der Waals surface area contributed by atoms with Crippen LogP contribution in [0.25, 0.3) is 39.1 Å². The third-order valence-electron chi connectivity index (χ3n) is 6.12. The van der Waals surface area contributed by atoms with Gasteiger partial charge >= 0.3 is 0 Å². The summed E-state index contributed by atoms with van der Waals surface area (Å²) in [5.41, 5.74) is 6.85. The molecule has 0 saturated heterocycles. The fourth-order valence-corrected chi connectivity index (χ4v) is 4.43. The van der Waals surface area contributed by atoms with Gasteiger partial charge in [-0.2, -0.15) is 5.10 Å². The Balaban J connectivity index is 1.41. The van der Waals surface area contributed by atoms with Crippen LogP contribution in [0.3, 0.4) is 0 Å². The zero-order valence-electron chi connectivity index (χ0n) is 18.0. The van der Waals surface area contributed by atoms with Gasteiger partial charge in [-0.3, -0.25) is 5.10 Å². The zero-order chi connectivity index (χ0) is 22.4. The molecule has 33 heavy (non-hydrogen) atoms. The van der Waals surface area contributed by atoms with Crippen LogP contribution in [0.15, 0.2) is 60.8 Å². The van der Waals surface area contributed by atoms with Gasteiger partial charge in [-0.15, -0.1) is 5.10 Å². The van der Waals surface area contributed by atoms with Crippen molar-refractivity contribution >= 4 is 10.9 Å². The second-order valence-corrected chi connectivity index (χ2v) is 8.08. The molecule has 164 valence electrons. The minimum Gasteiger partial charge on any atom is -0.496 e. The molecule has 0 fully saturated rings. The summed E-state index contributed by atoms with van der Waals surface area (Å²) in [6.45, 7) is 1.86. The fraction of sp³-hybridized carbons (Fsp3) is 0.160. The molecule has 0 unspecified atom stereocenters. The molecule has 8 heteroatoms. The lowest BCUT2D eigenvalue weighted by atomic mass is 10.0. The van der Waals surface area contributed by atoms with Crippen LogP contribution in [0.1, 0.15) is 11.1 Å². The summed E-state index contributed by atoms with van der Waals surface area (Å²) in [4.78, 5) is 0. The summed E-state index contributed by atoms with van der Waals surface area (Å²) in [5, 5.41) is 20.4. The molecule has 0 bridgehead atoms. The Bertz CT molecular complexity index is 1490. The molecule has 0 aliphatic carbocycles. The number of H-pyrrole nitrogens is 1. The molecule has 0 radical (unpaired) electrons. The molecule has 0 amide bonds. The lowest BCUT2D eigenvalue weighted by Gasteiger charge is -2.17. The van der Waals surface area contributed by atoms with Crippen molar-refractivity contribution in [2.24, 2.45) is 0 Å². The van der Waals surface area contributed by atoms with E-state index in [9.17, 15) is 4.39 Å². The third kappa shape index (κ3) is 3.35. The number of halogens is 1. The Morgan fingerprint density at radius 1 is 1.06 bits per heavy atom. The third-order valence-corrected chi connectivity index (χ3v) is 6.12. The Hall–Kier alpha value is -4.04. The molecule has 3 heterocycles. The number of nitrogens with zero attached hydrogens (tertiary/aromatic N) is 4. The van der Waals surface area contributed by atoms with Gasteiger partial charge in [-0.25, -0.2) is 9.07 Å². The molecule has 1 aliphatic heterocycles. The number of methoxy groups -OCH3 is 1. The van der Waals surface area contributed by atoms with Crippen LogP contribution in [-0.4, -0.2) is 38.8 Å². The highest BCUT2D eigenvalue weighted by molar-refractivity contribution is 5.95. The molecular weight excluding hydrogens is 419 g/mol. The maximum atomic E-state index is 14.6. The summed E-state index contributed by atoms with van der Waals surface area (Å²) in [7, 11) is 1.54. The number of nitrogens with one attached hydrogen (secondary N) is 2.